The van der Waals surface area contributed by atoms with Gasteiger partial charge in [-0.2, -0.15) is 0 Å². The van der Waals surface area contributed by atoms with E-state index in [1.807, 2.05) is 30.3 Å². The molecular formula is C15H16N2O2. The Morgan fingerprint density at radius 1 is 1.05 bits per heavy atom. The molecule has 0 saturated carbocycles. The summed E-state index contributed by atoms with van der Waals surface area (Å²) < 4.78 is 5.59. The average Bonchev–Trinajstić information content (AvgIpc) is 2.41. The summed E-state index contributed by atoms with van der Waals surface area (Å²) in [7, 11) is 0. The molecule has 4 nitrogen and oxygen atoms in total. The number of hydrogen-bond donors (Lipinski definition) is 2. The zero-order valence-electron chi connectivity index (χ0n) is 10.5. The van der Waals surface area contributed by atoms with Gasteiger partial charge in [0.2, 0.25) is 5.91 Å². The molecule has 4 N–H and O–H groups in total. The second-order valence-electron chi connectivity index (χ2n) is 4.15. The van der Waals surface area contributed by atoms with E-state index in [0.29, 0.717) is 24.3 Å². The molecule has 0 spiro atoms. The highest BCUT2D eigenvalue weighted by atomic mass is 16.5. The van der Waals surface area contributed by atoms with Crippen molar-refractivity contribution >= 4 is 11.6 Å². The van der Waals surface area contributed by atoms with Crippen LogP contribution in [0.4, 0.5) is 5.69 Å². The number of amides is 1. The Balaban J connectivity index is 2.05. The number of benzene rings is 2. The zero-order valence-corrected chi connectivity index (χ0v) is 10.5. The van der Waals surface area contributed by atoms with E-state index in [1.54, 1.807) is 18.2 Å². The summed E-state index contributed by atoms with van der Waals surface area (Å²) in [4.78, 5) is 11.3. The van der Waals surface area contributed by atoms with Crippen molar-refractivity contribution in [2.75, 3.05) is 12.3 Å². The van der Waals surface area contributed by atoms with Crippen molar-refractivity contribution in [2.45, 2.75) is 6.42 Å². The first-order valence-electron chi connectivity index (χ1n) is 6.03. The molecule has 1 amide bonds. The van der Waals surface area contributed by atoms with Gasteiger partial charge in [-0.15, -0.1) is 0 Å². The monoisotopic (exact) mass is 256 g/mol. The lowest BCUT2D eigenvalue weighted by atomic mass is 10.0. The van der Waals surface area contributed by atoms with Crippen LogP contribution >= 0.6 is 0 Å². The summed E-state index contributed by atoms with van der Waals surface area (Å²) in [6, 6.07) is 14.6. The minimum atomic E-state index is -0.470. The molecule has 2 aromatic rings. The van der Waals surface area contributed by atoms with E-state index < -0.39 is 5.91 Å². The predicted molar refractivity (Wildman–Crippen MR) is 75.0 cm³/mol. The maximum absolute atomic E-state index is 11.3. The van der Waals surface area contributed by atoms with Gasteiger partial charge in [0.05, 0.1) is 6.61 Å². The molecule has 0 heterocycles. The second kappa shape index (κ2) is 5.91. The Bertz CT molecular complexity index is 568. The van der Waals surface area contributed by atoms with Crippen LogP contribution < -0.4 is 16.2 Å². The lowest BCUT2D eigenvalue weighted by Gasteiger charge is -2.11. The molecule has 0 atom stereocenters. The van der Waals surface area contributed by atoms with Crippen LogP contribution in [0.2, 0.25) is 0 Å². The van der Waals surface area contributed by atoms with E-state index in [2.05, 4.69) is 0 Å². The van der Waals surface area contributed by atoms with Crippen LogP contribution in [0.3, 0.4) is 0 Å². The maximum atomic E-state index is 11.3. The Morgan fingerprint density at radius 3 is 2.47 bits per heavy atom. The van der Waals surface area contributed by atoms with Gasteiger partial charge in [0.25, 0.3) is 0 Å². The summed E-state index contributed by atoms with van der Waals surface area (Å²) in [5, 5.41) is 0. The molecule has 0 saturated heterocycles. The third-order valence-electron chi connectivity index (χ3n) is 2.84. The van der Waals surface area contributed by atoms with Crippen LogP contribution in [0.1, 0.15) is 15.9 Å². The Morgan fingerprint density at radius 2 is 1.79 bits per heavy atom. The molecule has 98 valence electrons. The second-order valence-corrected chi connectivity index (χ2v) is 4.15. The third-order valence-corrected chi connectivity index (χ3v) is 2.84. The highest BCUT2D eigenvalue weighted by Crippen LogP contribution is 2.18. The highest BCUT2D eigenvalue weighted by molar-refractivity contribution is 5.95. The van der Waals surface area contributed by atoms with Crippen LogP contribution in [-0.4, -0.2) is 12.5 Å². The van der Waals surface area contributed by atoms with E-state index in [-0.39, 0.29) is 0 Å². The molecule has 2 aromatic carbocycles. The first-order chi connectivity index (χ1) is 9.18. The van der Waals surface area contributed by atoms with Crippen LogP contribution in [0, 0.1) is 0 Å². The molecule has 0 fully saturated rings. The molecule has 0 aromatic heterocycles. The summed E-state index contributed by atoms with van der Waals surface area (Å²) in [5.41, 5.74) is 13.0. The lowest BCUT2D eigenvalue weighted by Crippen LogP contribution is -2.16. The molecule has 0 aliphatic rings. The van der Waals surface area contributed by atoms with Gasteiger partial charge in [-0.25, -0.2) is 0 Å². The van der Waals surface area contributed by atoms with Crippen molar-refractivity contribution in [2.24, 2.45) is 5.73 Å². The van der Waals surface area contributed by atoms with E-state index in [1.165, 1.54) is 0 Å². The van der Waals surface area contributed by atoms with Crippen molar-refractivity contribution in [3.05, 3.63) is 59.7 Å². The zero-order chi connectivity index (χ0) is 13.7. The van der Waals surface area contributed by atoms with E-state index in [9.17, 15) is 4.79 Å². The molecule has 19 heavy (non-hydrogen) atoms. The molecule has 4 heteroatoms. The van der Waals surface area contributed by atoms with Crippen molar-refractivity contribution in [1.29, 1.82) is 0 Å². The number of carbonyl (C=O) groups is 1. The van der Waals surface area contributed by atoms with Gasteiger partial charge in [-0.3, -0.25) is 4.79 Å². The van der Waals surface area contributed by atoms with E-state index >= 15 is 0 Å². The van der Waals surface area contributed by atoms with Gasteiger partial charge in [-0.1, -0.05) is 24.3 Å². The van der Waals surface area contributed by atoms with E-state index in [0.717, 1.165) is 11.3 Å². The minimum Gasteiger partial charge on any atom is -0.493 e. The fourth-order valence-corrected chi connectivity index (χ4v) is 1.90. The van der Waals surface area contributed by atoms with Crippen LogP contribution in [0.15, 0.2) is 48.5 Å². The largest absolute Gasteiger partial charge is 0.493 e. The van der Waals surface area contributed by atoms with Crippen molar-refractivity contribution in [3.8, 4) is 5.75 Å². The first-order valence-corrected chi connectivity index (χ1v) is 6.03. The normalized spacial score (nSPS) is 10.1. The van der Waals surface area contributed by atoms with E-state index in [4.69, 9.17) is 16.2 Å². The van der Waals surface area contributed by atoms with Crippen LogP contribution in [0.25, 0.3) is 0 Å². The maximum Gasteiger partial charge on any atom is 0.249 e. The number of rotatable bonds is 5. The average molecular weight is 256 g/mol. The van der Waals surface area contributed by atoms with Gasteiger partial charge < -0.3 is 16.2 Å². The lowest BCUT2D eigenvalue weighted by molar-refractivity contribution is 0.0999. The van der Waals surface area contributed by atoms with Crippen LogP contribution in [-0.2, 0) is 6.42 Å². The standard InChI is InChI=1S/C15H16N2O2/c16-14-8-4-7-13(15(17)18)12(14)9-10-19-11-5-2-1-3-6-11/h1-8H,9-10,16H2,(H2,17,18). The van der Waals surface area contributed by atoms with Crippen molar-refractivity contribution in [1.82, 2.24) is 0 Å². The van der Waals surface area contributed by atoms with Gasteiger partial charge in [0, 0.05) is 17.7 Å². The topological polar surface area (TPSA) is 78.3 Å². The fraction of sp³-hybridized carbons (Fsp3) is 0.133. The number of anilines is 1. The van der Waals surface area contributed by atoms with Crippen molar-refractivity contribution in [3.63, 3.8) is 0 Å². The number of ether oxygens (including phenoxy) is 1. The minimum absolute atomic E-state index is 0.443. The summed E-state index contributed by atoms with van der Waals surface area (Å²) in [6.07, 6.45) is 0.542. The van der Waals surface area contributed by atoms with Gasteiger partial charge in [-0.05, 0) is 29.8 Å². The first kappa shape index (κ1) is 13.0. The van der Waals surface area contributed by atoms with Gasteiger partial charge in [0.15, 0.2) is 0 Å². The Kier molecular flexibility index (Phi) is 4.03. The van der Waals surface area contributed by atoms with Crippen molar-refractivity contribution < 1.29 is 9.53 Å². The highest BCUT2D eigenvalue weighted by Gasteiger charge is 2.10. The van der Waals surface area contributed by atoms with Crippen LogP contribution in [0.5, 0.6) is 5.75 Å². The third kappa shape index (κ3) is 3.25. The summed E-state index contributed by atoms with van der Waals surface area (Å²) in [5.74, 6) is 0.319. The predicted octanol–water partition coefficient (Wildman–Crippen LogP) is 1.99. The number of nitrogens with two attached hydrogens (primary N) is 2. The molecular weight excluding hydrogens is 240 g/mol. The fourth-order valence-electron chi connectivity index (χ4n) is 1.90. The molecule has 0 radical (unpaired) electrons. The smallest absolute Gasteiger partial charge is 0.249 e. The molecule has 0 bridgehead atoms. The Labute approximate surface area is 112 Å². The molecule has 0 aliphatic heterocycles. The molecule has 2 rings (SSSR count). The number of primary amides is 1. The summed E-state index contributed by atoms with van der Waals surface area (Å²) >= 11 is 0. The summed E-state index contributed by atoms with van der Waals surface area (Å²) in [6.45, 7) is 0.443. The number of nitrogen functional groups attached to an aromatic ring is 1. The number of hydrogen-bond acceptors (Lipinski definition) is 3. The number of carbonyl (C=O) groups excluding carboxylic acids is 1. The molecule has 0 aliphatic carbocycles. The number of para-hydroxylation sites is 1. The van der Waals surface area contributed by atoms with Gasteiger partial charge >= 0.3 is 0 Å². The SMILES string of the molecule is NC(=O)c1cccc(N)c1CCOc1ccccc1. The van der Waals surface area contributed by atoms with Gasteiger partial charge in [0.1, 0.15) is 5.75 Å². The quantitative estimate of drug-likeness (QED) is 0.803. The molecule has 0 unspecified atom stereocenters. The Hall–Kier alpha value is -2.49.